The summed E-state index contributed by atoms with van der Waals surface area (Å²) in [6, 6.07) is 7.98. The predicted molar refractivity (Wildman–Crippen MR) is 77.8 cm³/mol. The van der Waals surface area contributed by atoms with Crippen LogP contribution in [0.15, 0.2) is 22.7 Å². The minimum atomic E-state index is -0.0211. The molecule has 0 saturated heterocycles. The number of benzene rings is 1. The number of hydrogen-bond donors (Lipinski definition) is 0. The van der Waals surface area contributed by atoms with Crippen molar-refractivity contribution in [1.82, 2.24) is 4.90 Å². The van der Waals surface area contributed by atoms with Gasteiger partial charge in [-0.3, -0.25) is 4.79 Å². The van der Waals surface area contributed by atoms with Gasteiger partial charge in [0, 0.05) is 16.1 Å². The maximum Gasteiger partial charge on any atom is 0.255 e. The monoisotopic (exact) mass is 320 g/mol. The van der Waals surface area contributed by atoms with Crippen molar-refractivity contribution in [3.63, 3.8) is 0 Å². The van der Waals surface area contributed by atoms with Gasteiger partial charge >= 0.3 is 0 Å². The van der Waals surface area contributed by atoms with Gasteiger partial charge in [0.1, 0.15) is 6.54 Å². The summed E-state index contributed by atoms with van der Waals surface area (Å²) in [5.74, 6) is -0.0211. The highest BCUT2D eigenvalue weighted by atomic mass is 79.9. The fraction of sp³-hybridized carbons (Fsp3) is 0.467. The van der Waals surface area contributed by atoms with Crippen LogP contribution in [0.2, 0.25) is 0 Å². The molecule has 2 rings (SSSR count). The third kappa shape index (κ3) is 2.98. The zero-order chi connectivity index (χ0) is 13.8. The number of halogens is 1. The summed E-state index contributed by atoms with van der Waals surface area (Å²) in [6.07, 6.45) is 4.33. The maximum absolute atomic E-state index is 12.6. The molecule has 0 aliphatic heterocycles. The largest absolute Gasteiger partial charge is 0.322 e. The van der Waals surface area contributed by atoms with Gasteiger partial charge in [-0.05, 0) is 37.5 Å². The Morgan fingerprint density at radius 3 is 2.79 bits per heavy atom. The Balaban J connectivity index is 2.28. The number of amides is 1. The highest BCUT2D eigenvalue weighted by Crippen LogP contribution is 2.27. The Labute approximate surface area is 122 Å². The molecule has 0 aromatic heterocycles. The van der Waals surface area contributed by atoms with Crippen molar-refractivity contribution in [2.75, 3.05) is 6.54 Å². The summed E-state index contributed by atoms with van der Waals surface area (Å²) in [7, 11) is 0. The molecule has 4 heteroatoms. The number of rotatable bonds is 3. The summed E-state index contributed by atoms with van der Waals surface area (Å²) < 4.78 is 0.932. The van der Waals surface area contributed by atoms with E-state index in [1.807, 2.05) is 25.1 Å². The lowest BCUT2D eigenvalue weighted by Gasteiger charge is -2.27. The van der Waals surface area contributed by atoms with Gasteiger partial charge in [0.15, 0.2) is 0 Å². The second-order valence-corrected chi connectivity index (χ2v) is 5.80. The molecule has 1 aliphatic carbocycles. The van der Waals surface area contributed by atoms with Crippen molar-refractivity contribution in [3.05, 3.63) is 33.8 Å². The number of nitriles is 1. The van der Waals surface area contributed by atoms with Crippen LogP contribution < -0.4 is 0 Å². The van der Waals surface area contributed by atoms with Gasteiger partial charge in [-0.25, -0.2) is 0 Å². The first-order chi connectivity index (χ1) is 9.15. The molecule has 0 heterocycles. The molecule has 0 atom stereocenters. The molecule has 100 valence electrons. The lowest BCUT2D eigenvalue weighted by Crippen LogP contribution is -2.39. The molecule has 3 nitrogen and oxygen atoms in total. The molecule has 19 heavy (non-hydrogen) atoms. The van der Waals surface area contributed by atoms with E-state index in [4.69, 9.17) is 5.26 Å². The Hall–Kier alpha value is -1.34. The van der Waals surface area contributed by atoms with Gasteiger partial charge in [-0.15, -0.1) is 0 Å². The van der Waals surface area contributed by atoms with Crippen molar-refractivity contribution in [3.8, 4) is 6.07 Å². The average Bonchev–Trinajstić information content (AvgIpc) is 2.92. The molecule has 1 aliphatic rings. The Kier molecular flexibility index (Phi) is 4.60. The number of hydrogen-bond acceptors (Lipinski definition) is 2. The summed E-state index contributed by atoms with van der Waals surface area (Å²) in [5, 5.41) is 8.96. The first-order valence-corrected chi connectivity index (χ1v) is 7.37. The molecule has 1 aromatic carbocycles. The van der Waals surface area contributed by atoms with Crippen molar-refractivity contribution in [2.24, 2.45) is 0 Å². The molecule has 1 aromatic rings. The molecule has 1 saturated carbocycles. The van der Waals surface area contributed by atoms with E-state index in [1.165, 1.54) is 0 Å². The Bertz CT molecular complexity index is 515. The molecule has 1 fully saturated rings. The fourth-order valence-corrected chi connectivity index (χ4v) is 3.02. The number of carbonyl (C=O) groups excluding carboxylic acids is 1. The normalized spacial score (nSPS) is 15.2. The highest BCUT2D eigenvalue weighted by molar-refractivity contribution is 9.10. The third-order valence-corrected chi connectivity index (χ3v) is 4.62. The Morgan fingerprint density at radius 1 is 1.47 bits per heavy atom. The minimum absolute atomic E-state index is 0.0211. The second-order valence-electron chi connectivity index (χ2n) is 4.94. The third-order valence-electron chi connectivity index (χ3n) is 3.77. The smallest absolute Gasteiger partial charge is 0.255 e. The van der Waals surface area contributed by atoms with E-state index >= 15 is 0 Å². The Morgan fingerprint density at radius 2 is 2.16 bits per heavy atom. The quantitative estimate of drug-likeness (QED) is 0.797. The van der Waals surface area contributed by atoms with Crippen LogP contribution in [-0.2, 0) is 0 Å². The van der Waals surface area contributed by atoms with E-state index in [0.29, 0.717) is 5.56 Å². The van der Waals surface area contributed by atoms with E-state index in [2.05, 4.69) is 22.0 Å². The van der Waals surface area contributed by atoms with Crippen LogP contribution in [-0.4, -0.2) is 23.4 Å². The van der Waals surface area contributed by atoms with Crippen LogP contribution in [0.4, 0.5) is 0 Å². The highest BCUT2D eigenvalue weighted by Gasteiger charge is 2.28. The topological polar surface area (TPSA) is 44.1 Å². The van der Waals surface area contributed by atoms with Gasteiger partial charge in [-0.1, -0.05) is 34.8 Å². The van der Waals surface area contributed by atoms with Gasteiger partial charge < -0.3 is 4.90 Å². The second kappa shape index (κ2) is 6.21. The molecular formula is C15H17BrN2O. The number of carbonyl (C=O) groups is 1. The van der Waals surface area contributed by atoms with Crippen molar-refractivity contribution >= 4 is 21.8 Å². The average molecular weight is 321 g/mol. The zero-order valence-corrected chi connectivity index (χ0v) is 12.6. The number of nitrogens with zero attached hydrogens (tertiary/aromatic N) is 2. The molecular weight excluding hydrogens is 304 g/mol. The van der Waals surface area contributed by atoms with Crippen LogP contribution in [0.5, 0.6) is 0 Å². The molecule has 0 bridgehead atoms. The molecule has 0 unspecified atom stereocenters. The van der Waals surface area contributed by atoms with Crippen molar-refractivity contribution in [2.45, 2.75) is 38.6 Å². The first kappa shape index (κ1) is 14.1. The van der Waals surface area contributed by atoms with Crippen LogP contribution in [0.1, 0.15) is 41.6 Å². The fourth-order valence-electron chi connectivity index (χ4n) is 2.65. The summed E-state index contributed by atoms with van der Waals surface area (Å²) in [6.45, 7) is 2.10. The first-order valence-electron chi connectivity index (χ1n) is 6.58. The van der Waals surface area contributed by atoms with E-state index < -0.39 is 0 Å². The van der Waals surface area contributed by atoms with E-state index in [0.717, 1.165) is 35.7 Å². The van der Waals surface area contributed by atoms with Crippen molar-refractivity contribution in [1.29, 1.82) is 5.26 Å². The SMILES string of the molecule is Cc1c(Br)cccc1C(=O)N(CC#N)C1CCCC1. The molecule has 0 spiro atoms. The van der Waals surface area contributed by atoms with E-state index in [9.17, 15) is 4.79 Å². The summed E-state index contributed by atoms with van der Waals surface area (Å²) in [4.78, 5) is 14.4. The van der Waals surface area contributed by atoms with E-state index in [-0.39, 0.29) is 18.5 Å². The van der Waals surface area contributed by atoms with Gasteiger partial charge in [-0.2, -0.15) is 5.26 Å². The van der Waals surface area contributed by atoms with Gasteiger partial charge in [0.25, 0.3) is 5.91 Å². The lowest BCUT2D eigenvalue weighted by atomic mass is 10.1. The minimum Gasteiger partial charge on any atom is -0.322 e. The molecule has 0 radical (unpaired) electrons. The summed E-state index contributed by atoms with van der Waals surface area (Å²) >= 11 is 3.45. The maximum atomic E-state index is 12.6. The van der Waals surface area contributed by atoms with E-state index in [1.54, 1.807) is 4.90 Å². The van der Waals surface area contributed by atoms with Crippen molar-refractivity contribution < 1.29 is 4.79 Å². The zero-order valence-electron chi connectivity index (χ0n) is 11.0. The van der Waals surface area contributed by atoms with Crippen LogP contribution in [0.3, 0.4) is 0 Å². The van der Waals surface area contributed by atoms with Crippen LogP contribution >= 0.6 is 15.9 Å². The van der Waals surface area contributed by atoms with Gasteiger partial charge in [0.05, 0.1) is 6.07 Å². The van der Waals surface area contributed by atoms with Gasteiger partial charge in [0.2, 0.25) is 0 Å². The van der Waals surface area contributed by atoms with Crippen LogP contribution in [0, 0.1) is 18.3 Å². The standard InChI is InChI=1S/C15H17BrN2O/c1-11-13(7-4-8-14(11)16)15(19)18(10-9-17)12-5-2-3-6-12/h4,7-8,12H,2-3,5-6,10H2,1H3. The summed E-state index contributed by atoms with van der Waals surface area (Å²) in [5.41, 5.74) is 1.63. The predicted octanol–water partition coefficient (Wildman–Crippen LogP) is 3.67. The molecule has 0 N–H and O–H groups in total. The van der Waals surface area contributed by atoms with Crippen LogP contribution in [0.25, 0.3) is 0 Å². The molecule has 1 amide bonds. The lowest BCUT2D eigenvalue weighted by molar-refractivity contribution is 0.0708.